The molecule has 190 valence electrons. The zero-order valence-electron chi connectivity index (χ0n) is 18.9. The molecule has 37 heavy (non-hydrogen) atoms. The van der Waals surface area contributed by atoms with E-state index < -0.39 is 46.5 Å². The van der Waals surface area contributed by atoms with Crippen molar-refractivity contribution in [3.63, 3.8) is 0 Å². The van der Waals surface area contributed by atoms with E-state index in [2.05, 4.69) is 5.32 Å². The van der Waals surface area contributed by atoms with Crippen LogP contribution >= 0.6 is 0 Å². The summed E-state index contributed by atoms with van der Waals surface area (Å²) in [5, 5.41) is 13.8. The lowest BCUT2D eigenvalue weighted by Crippen LogP contribution is -2.11. The minimum atomic E-state index is -1.72. The van der Waals surface area contributed by atoms with Crippen molar-refractivity contribution in [2.45, 2.75) is 13.5 Å². The second-order valence-corrected chi connectivity index (χ2v) is 7.65. The number of ether oxygens (including phenoxy) is 2. The zero-order chi connectivity index (χ0) is 26.7. The van der Waals surface area contributed by atoms with E-state index in [9.17, 15) is 32.5 Å². The molecule has 1 heterocycles. The molecule has 0 atom stereocenters. The molecule has 0 aliphatic rings. The number of anilines is 1. The number of hydrogen-bond acceptors (Lipinski definition) is 6. The zero-order valence-corrected chi connectivity index (χ0v) is 18.9. The van der Waals surface area contributed by atoms with Crippen LogP contribution in [0, 0.1) is 40.3 Å². The second-order valence-electron chi connectivity index (χ2n) is 7.65. The summed E-state index contributed by atoms with van der Waals surface area (Å²) in [6.07, 6.45) is 0. The first-order valence-corrected chi connectivity index (χ1v) is 10.5. The van der Waals surface area contributed by atoms with Crippen molar-refractivity contribution < 1.29 is 41.2 Å². The van der Waals surface area contributed by atoms with Gasteiger partial charge in [-0.15, -0.1) is 0 Å². The Morgan fingerprint density at radius 3 is 2.38 bits per heavy atom. The summed E-state index contributed by atoms with van der Waals surface area (Å²) >= 11 is 0. The number of hydrogen-bond donors (Lipinski definition) is 1. The number of non-ortho nitro benzene ring substituents is 1. The van der Waals surface area contributed by atoms with Crippen LogP contribution in [0.2, 0.25) is 0 Å². The molecular weight excluding hydrogens is 500 g/mol. The maximum Gasteiger partial charge on any atom is 0.291 e. The summed E-state index contributed by atoms with van der Waals surface area (Å²) in [4.78, 5) is 23.3. The van der Waals surface area contributed by atoms with Crippen LogP contribution in [0.15, 0.2) is 65.1 Å². The summed E-state index contributed by atoms with van der Waals surface area (Å²) in [5.74, 6) is -8.65. The van der Waals surface area contributed by atoms with Gasteiger partial charge in [-0.1, -0.05) is 18.2 Å². The molecule has 1 amide bonds. The summed E-state index contributed by atoms with van der Waals surface area (Å²) in [5.41, 5.74) is 0.461. The third-order valence-corrected chi connectivity index (χ3v) is 5.00. The van der Waals surface area contributed by atoms with E-state index in [0.29, 0.717) is 5.75 Å². The van der Waals surface area contributed by atoms with Crippen LogP contribution in [0.3, 0.4) is 0 Å². The molecule has 0 saturated carbocycles. The molecule has 3 aromatic carbocycles. The van der Waals surface area contributed by atoms with Gasteiger partial charge in [-0.3, -0.25) is 14.9 Å². The minimum Gasteiger partial charge on any atom is -0.479 e. The van der Waals surface area contributed by atoms with Crippen molar-refractivity contribution in [2.75, 3.05) is 5.32 Å². The molecule has 8 nitrogen and oxygen atoms in total. The molecule has 4 aromatic rings. The van der Waals surface area contributed by atoms with Crippen LogP contribution in [0.5, 0.6) is 17.2 Å². The molecule has 0 spiro atoms. The highest BCUT2D eigenvalue weighted by Gasteiger charge is 2.22. The summed E-state index contributed by atoms with van der Waals surface area (Å²) in [6, 6.07) is 13.1. The van der Waals surface area contributed by atoms with Gasteiger partial charge >= 0.3 is 0 Å². The SMILES string of the molecule is Cc1ccccc1Oc1cc(NC(=O)c2ccc(COc3c(F)c(F)cc(F)c3F)o2)cc([N+](=O)[O-])c1. The van der Waals surface area contributed by atoms with Gasteiger partial charge in [-0.05, 0) is 30.7 Å². The van der Waals surface area contributed by atoms with Gasteiger partial charge in [-0.25, -0.2) is 8.78 Å². The molecule has 0 aliphatic heterocycles. The predicted molar refractivity (Wildman–Crippen MR) is 122 cm³/mol. The summed E-state index contributed by atoms with van der Waals surface area (Å²) in [7, 11) is 0. The van der Waals surface area contributed by atoms with Crippen molar-refractivity contribution in [2.24, 2.45) is 0 Å². The average molecular weight is 516 g/mol. The van der Waals surface area contributed by atoms with Crippen molar-refractivity contribution in [1.82, 2.24) is 0 Å². The number of nitro groups is 1. The number of benzene rings is 3. The van der Waals surface area contributed by atoms with Gasteiger partial charge in [0.05, 0.1) is 16.7 Å². The van der Waals surface area contributed by atoms with Crippen LogP contribution in [0.4, 0.5) is 28.9 Å². The molecular formula is C25H16F4N2O6. The van der Waals surface area contributed by atoms with Gasteiger partial charge < -0.3 is 19.2 Å². The van der Waals surface area contributed by atoms with Gasteiger partial charge in [0.15, 0.2) is 23.1 Å². The Morgan fingerprint density at radius 2 is 1.70 bits per heavy atom. The number of nitrogens with zero attached hydrogens (tertiary/aromatic N) is 1. The Balaban J connectivity index is 1.49. The van der Waals surface area contributed by atoms with Crippen LogP contribution in [-0.4, -0.2) is 10.8 Å². The van der Waals surface area contributed by atoms with Crippen molar-refractivity contribution in [1.29, 1.82) is 0 Å². The van der Waals surface area contributed by atoms with Crippen molar-refractivity contribution >= 4 is 17.3 Å². The van der Waals surface area contributed by atoms with Crippen molar-refractivity contribution in [3.8, 4) is 17.2 Å². The van der Waals surface area contributed by atoms with Gasteiger partial charge in [0, 0.05) is 18.2 Å². The molecule has 0 aliphatic carbocycles. The highest BCUT2D eigenvalue weighted by Crippen LogP contribution is 2.32. The van der Waals surface area contributed by atoms with E-state index in [4.69, 9.17) is 13.9 Å². The molecule has 0 unspecified atom stereocenters. The van der Waals surface area contributed by atoms with Gasteiger partial charge in [0.2, 0.25) is 11.6 Å². The number of furan rings is 1. The standard InChI is InChI=1S/C25H16F4N2O6/c1-13-4-2-3-5-20(13)37-17-9-14(8-15(10-17)31(33)34)30-25(32)21-7-6-16(36-21)12-35-24-22(28)18(26)11-19(27)23(24)29/h2-11H,12H2,1H3,(H,30,32). The van der Waals surface area contributed by atoms with Crippen LogP contribution < -0.4 is 14.8 Å². The molecule has 0 radical (unpaired) electrons. The van der Waals surface area contributed by atoms with E-state index in [-0.39, 0.29) is 34.7 Å². The molecule has 4 rings (SSSR count). The second kappa shape index (κ2) is 10.4. The first kappa shape index (κ1) is 25.2. The lowest BCUT2D eigenvalue weighted by Gasteiger charge is -2.10. The fraction of sp³-hybridized carbons (Fsp3) is 0.0800. The van der Waals surface area contributed by atoms with E-state index in [1.54, 1.807) is 31.2 Å². The van der Waals surface area contributed by atoms with E-state index in [1.165, 1.54) is 24.3 Å². The predicted octanol–water partition coefficient (Wildman–Crippen LogP) is 6.68. The van der Waals surface area contributed by atoms with Gasteiger partial charge in [0.25, 0.3) is 11.6 Å². The minimum absolute atomic E-state index is 0.0244. The maximum atomic E-state index is 13.7. The molecule has 1 aromatic heterocycles. The number of carbonyl (C=O) groups excluding carboxylic acids is 1. The number of aryl methyl sites for hydroxylation is 1. The lowest BCUT2D eigenvalue weighted by atomic mass is 10.2. The first-order chi connectivity index (χ1) is 17.6. The third-order valence-electron chi connectivity index (χ3n) is 5.00. The lowest BCUT2D eigenvalue weighted by molar-refractivity contribution is -0.384. The third kappa shape index (κ3) is 5.69. The Hall–Kier alpha value is -4.87. The van der Waals surface area contributed by atoms with Crippen molar-refractivity contribution in [3.05, 3.63) is 111 Å². The monoisotopic (exact) mass is 516 g/mol. The molecule has 0 bridgehead atoms. The maximum absolute atomic E-state index is 13.7. The van der Waals surface area contributed by atoms with Gasteiger partial charge in [-0.2, -0.15) is 8.78 Å². The number of halogens is 4. The number of amides is 1. The number of nitro benzene ring substituents is 1. The first-order valence-electron chi connectivity index (χ1n) is 10.5. The smallest absolute Gasteiger partial charge is 0.291 e. The highest BCUT2D eigenvalue weighted by molar-refractivity contribution is 6.02. The molecule has 0 fully saturated rings. The van der Waals surface area contributed by atoms with E-state index in [0.717, 1.165) is 11.6 Å². The van der Waals surface area contributed by atoms with E-state index in [1.807, 2.05) is 0 Å². The fourth-order valence-corrected chi connectivity index (χ4v) is 3.21. The van der Waals surface area contributed by atoms with Crippen LogP contribution in [0.1, 0.15) is 21.9 Å². The Kier molecular flexibility index (Phi) is 7.09. The number of carbonyl (C=O) groups is 1. The summed E-state index contributed by atoms with van der Waals surface area (Å²) in [6.45, 7) is 1.14. The summed E-state index contributed by atoms with van der Waals surface area (Å²) < 4.78 is 69.9. The van der Waals surface area contributed by atoms with Gasteiger partial charge in [0.1, 0.15) is 23.9 Å². The van der Waals surface area contributed by atoms with Crippen LogP contribution in [-0.2, 0) is 6.61 Å². The fourth-order valence-electron chi connectivity index (χ4n) is 3.21. The average Bonchev–Trinajstić information content (AvgIpc) is 3.33. The number of nitrogens with one attached hydrogen (secondary N) is 1. The highest BCUT2D eigenvalue weighted by atomic mass is 19.2. The largest absolute Gasteiger partial charge is 0.479 e. The number of para-hydroxylation sites is 1. The number of rotatable bonds is 8. The van der Waals surface area contributed by atoms with Crippen LogP contribution in [0.25, 0.3) is 0 Å². The Labute approximate surface area is 206 Å². The molecule has 12 heteroatoms. The topological polar surface area (TPSA) is 104 Å². The Bertz CT molecular complexity index is 1480. The Morgan fingerprint density at radius 1 is 1.00 bits per heavy atom. The van der Waals surface area contributed by atoms with E-state index >= 15 is 0 Å². The molecule has 0 saturated heterocycles. The molecule has 1 N–H and O–H groups in total. The normalized spacial score (nSPS) is 10.7. The quantitative estimate of drug-likeness (QED) is 0.121.